The Labute approximate surface area is 150 Å². The molecule has 0 saturated carbocycles. The van der Waals surface area contributed by atoms with Crippen LogP contribution in [0.2, 0.25) is 5.02 Å². The molecule has 1 unspecified atom stereocenters. The first-order valence-corrected chi connectivity index (χ1v) is 8.14. The zero-order chi connectivity index (χ0) is 17.8. The molecule has 3 rings (SSSR count). The van der Waals surface area contributed by atoms with E-state index in [9.17, 15) is 10.0 Å². The van der Waals surface area contributed by atoms with Crippen LogP contribution in [0.3, 0.4) is 0 Å². The molecule has 0 aliphatic heterocycles. The van der Waals surface area contributed by atoms with Gasteiger partial charge in [-0.1, -0.05) is 35.9 Å². The third-order valence-corrected chi connectivity index (χ3v) is 4.08. The van der Waals surface area contributed by atoms with Crippen molar-refractivity contribution in [3.63, 3.8) is 0 Å². The zero-order valence-electron chi connectivity index (χ0n) is 13.6. The lowest BCUT2D eigenvalue weighted by atomic mass is 9.88. The Morgan fingerprint density at radius 2 is 1.60 bits per heavy atom. The van der Waals surface area contributed by atoms with E-state index < -0.39 is 0 Å². The van der Waals surface area contributed by atoms with E-state index in [1.165, 1.54) is 13.1 Å². The minimum absolute atomic E-state index is 0.262. The van der Waals surface area contributed by atoms with E-state index in [1.807, 2.05) is 30.3 Å². The molecule has 126 valence electrons. The normalized spacial score (nSPS) is 11.8. The highest BCUT2D eigenvalue weighted by molar-refractivity contribution is 6.30. The molecule has 0 aliphatic rings. The second-order valence-electron chi connectivity index (χ2n) is 5.60. The van der Waals surface area contributed by atoms with Gasteiger partial charge in [0.25, 0.3) is 0 Å². The highest BCUT2D eigenvalue weighted by Crippen LogP contribution is 2.31. The Morgan fingerprint density at radius 1 is 1.00 bits per heavy atom. The van der Waals surface area contributed by atoms with E-state index >= 15 is 0 Å². The van der Waals surface area contributed by atoms with E-state index in [2.05, 4.69) is 0 Å². The Kier molecular flexibility index (Phi) is 5.00. The average Bonchev–Trinajstić information content (AvgIpc) is 2.59. The number of rotatable bonds is 4. The number of ether oxygens (including phenoxy) is 1. The van der Waals surface area contributed by atoms with Crippen LogP contribution >= 0.6 is 11.6 Å². The van der Waals surface area contributed by atoms with Crippen LogP contribution in [0.5, 0.6) is 5.75 Å². The van der Waals surface area contributed by atoms with Gasteiger partial charge < -0.3 is 9.94 Å². The maximum Gasteiger partial charge on any atom is 0.308 e. The van der Waals surface area contributed by atoms with Gasteiger partial charge >= 0.3 is 5.97 Å². The Morgan fingerprint density at radius 3 is 2.16 bits per heavy atom. The molecule has 2 aromatic carbocycles. The van der Waals surface area contributed by atoms with Crippen molar-refractivity contribution >= 4 is 17.6 Å². The SMILES string of the molecule is CC(=O)Oc1ccc(C(c2ccc(Cl)cc2)c2cccc[n+]2[O-])cc1. The number of carbonyl (C=O) groups is 1. The van der Waals surface area contributed by atoms with Gasteiger partial charge in [-0.3, -0.25) is 4.79 Å². The Bertz CT molecular complexity index is 876. The van der Waals surface area contributed by atoms with Crippen LogP contribution in [0, 0.1) is 5.21 Å². The van der Waals surface area contributed by atoms with Crippen molar-refractivity contribution in [1.82, 2.24) is 0 Å². The fourth-order valence-electron chi connectivity index (χ4n) is 2.75. The van der Waals surface area contributed by atoms with Crippen molar-refractivity contribution in [3.05, 3.63) is 100.0 Å². The molecule has 25 heavy (non-hydrogen) atoms. The summed E-state index contributed by atoms with van der Waals surface area (Å²) in [6, 6.07) is 19.9. The second kappa shape index (κ2) is 7.36. The summed E-state index contributed by atoms with van der Waals surface area (Å²) in [5.74, 6) is -0.168. The lowest BCUT2D eigenvalue weighted by molar-refractivity contribution is -0.614. The first-order valence-electron chi connectivity index (χ1n) is 7.76. The molecule has 0 spiro atoms. The minimum atomic E-state index is -0.373. The summed E-state index contributed by atoms with van der Waals surface area (Å²) in [5.41, 5.74) is 2.46. The van der Waals surface area contributed by atoms with Crippen LogP contribution in [0.25, 0.3) is 0 Å². The fraction of sp³-hybridized carbons (Fsp3) is 0.100. The van der Waals surface area contributed by atoms with Crippen molar-refractivity contribution in [3.8, 4) is 5.75 Å². The molecule has 1 aromatic heterocycles. The fourth-order valence-corrected chi connectivity index (χ4v) is 2.87. The van der Waals surface area contributed by atoms with Gasteiger partial charge in [0, 0.05) is 24.1 Å². The molecule has 0 saturated heterocycles. The first kappa shape index (κ1) is 17.0. The highest BCUT2D eigenvalue weighted by Gasteiger charge is 2.23. The number of aromatic nitrogens is 1. The largest absolute Gasteiger partial charge is 0.618 e. The van der Waals surface area contributed by atoms with Gasteiger partial charge in [0.15, 0.2) is 6.20 Å². The molecule has 0 N–H and O–H groups in total. The molecule has 5 heteroatoms. The molecule has 0 bridgehead atoms. The average molecular weight is 354 g/mol. The van der Waals surface area contributed by atoms with Crippen LogP contribution in [-0.2, 0) is 4.79 Å². The maximum atomic E-state index is 12.3. The van der Waals surface area contributed by atoms with E-state index in [0.717, 1.165) is 15.9 Å². The minimum Gasteiger partial charge on any atom is -0.618 e. The molecule has 1 atom stereocenters. The number of hydrogen-bond acceptors (Lipinski definition) is 3. The van der Waals surface area contributed by atoms with Crippen molar-refractivity contribution in [1.29, 1.82) is 0 Å². The Hall–Kier alpha value is -2.85. The van der Waals surface area contributed by atoms with Gasteiger partial charge in [-0.2, -0.15) is 4.73 Å². The van der Waals surface area contributed by atoms with Gasteiger partial charge in [0.2, 0.25) is 5.69 Å². The number of nitrogens with zero attached hydrogens (tertiary/aromatic N) is 1. The van der Waals surface area contributed by atoms with Crippen LogP contribution < -0.4 is 9.47 Å². The lowest BCUT2D eigenvalue weighted by Gasteiger charge is -2.18. The third kappa shape index (κ3) is 3.98. The van der Waals surface area contributed by atoms with Crippen molar-refractivity contribution in [2.24, 2.45) is 0 Å². The lowest BCUT2D eigenvalue weighted by Crippen LogP contribution is -2.33. The molecule has 0 radical (unpaired) electrons. The molecule has 0 fully saturated rings. The highest BCUT2D eigenvalue weighted by atomic mass is 35.5. The van der Waals surface area contributed by atoms with E-state index in [0.29, 0.717) is 16.5 Å². The molecule has 4 nitrogen and oxygen atoms in total. The van der Waals surface area contributed by atoms with Crippen LogP contribution in [0.1, 0.15) is 29.7 Å². The topological polar surface area (TPSA) is 53.2 Å². The molecular formula is C20H16ClNO3. The predicted octanol–water partition coefficient (Wildman–Crippen LogP) is 4.08. The summed E-state index contributed by atoms with van der Waals surface area (Å²) in [6.07, 6.45) is 1.48. The zero-order valence-corrected chi connectivity index (χ0v) is 14.3. The summed E-state index contributed by atoms with van der Waals surface area (Å²) < 4.78 is 5.94. The molecule has 0 amide bonds. The summed E-state index contributed by atoms with van der Waals surface area (Å²) in [4.78, 5) is 11.1. The van der Waals surface area contributed by atoms with Crippen molar-refractivity contribution in [2.75, 3.05) is 0 Å². The standard InChI is InChI=1S/C20H16ClNO3/c1-14(23)25-18-11-7-16(8-12-18)20(15-5-9-17(21)10-6-15)19-4-2-3-13-22(19)24/h2-13,20H,1H3. The van der Waals surface area contributed by atoms with Gasteiger partial charge in [-0.25, -0.2) is 0 Å². The van der Waals surface area contributed by atoms with Gasteiger partial charge in [-0.15, -0.1) is 0 Å². The smallest absolute Gasteiger partial charge is 0.308 e. The maximum absolute atomic E-state index is 12.3. The summed E-state index contributed by atoms with van der Waals surface area (Å²) in [6.45, 7) is 1.36. The predicted molar refractivity (Wildman–Crippen MR) is 95.6 cm³/mol. The number of carbonyl (C=O) groups excluding carboxylic acids is 1. The van der Waals surface area contributed by atoms with E-state index in [4.69, 9.17) is 16.3 Å². The van der Waals surface area contributed by atoms with Crippen LogP contribution in [-0.4, -0.2) is 5.97 Å². The third-order valence-electron chi connectivity index (χ3n) is 3.83. The number of esters is 1. The monoisotopic (exact) mass is 353 g/mol. The number of hydrogen-bond donors (Lipinski definition) is 0. The number of halogens is 1. The van der Waals surface area contributed by atoms with Gasteiger partial charge in [-0.05, 0) is 41.5 Å². The van der Waals surface area contributed by atoms with Gasteiger partial charge in [0.05, 0.1) is 5.92 Å². The molecule has 3 aromatic rings. The van der Waals surface area contributed by atoms with Crippen molar-refractivity contribution < 1.29 is 14.3 Å². The van der Waals surface area contributed by atoms with Crippen molar-refractivity contribution in [2.45, 2.75) is 12.8 Å². The molecular weight excluding hydrogens is 338 g/mol. The second-order valence-corrected chi connectivity index (χ2v) is 6.03. The molecule has 0 aliphatic carbocycles. The first-order chi connectivity index (χ1) is 12.0. The quantitative estimate of drug-likeness (QED) is 0.307. The van der Waals surface area contributed by atoms with Gasteiger partial charge in [0.1, 0.15) is 5.75 Å². The molecule has 1 heterocycles. The summed E-state index contributed by atoms with van der Waals surface area (Å²) in [5, 5.41) is 12.9. The summed E-state index contributed by atoms with van der Waals surface area (Å²) in [7, 11) is 0. The van der Waals surface area contributed by atoms with Crippen LogP contribution in [0.15, 0.2) is 72.9 Å². The number of pyridine rings is 1. The number of benzene rings is 2. The van der Waals surface area contributed by atoms with Crippen LogP contribution in [0.4, 0.5) is 0 Å². The van der Waals surface area contributed by atoms with E-state index in [1.54, 1.807) is 36.4 Å². The summed E-state index contributed by atoms with van der Waals surface area (Å²) >= 11 is 5.99. The Balaban J connectivity index is 2.06. The van der Waals surface area contributed by atoms with E-state index in [-0.39, 0.29) is 11.9 Å².